The van der Waals surface area contributed by atoms with Gasteiger partial charge in [0.1, 0.15) is 5.75 Å². The van der Waals surface area contributed by atoms with Crippen LogP contribution in [0.25, 0.3) is 0 Å². The van der Waals surface area contributed by atoms with Gasteiger partial charge in [-0.25, -0.2) is 0 Å². The molecule has 0 saturated carbocycles. The van der Waals surface area contributed by atoms with Crippen LogP contribution in [0.2, 0.25) is 5.02 Å². The van der Waals surface area contributed by atoms with Gasteiger partial charge in [-0.15, -0.1) is 0 Å². The third kappa shape index (κ3) is 4.73. The number of hydrogen-bond acceptors (Lipinski definition) is 4. The molecule has 6 heteroatoms. The maximum atomic E-state index is 11.9. The standard InChI is InChI=1S/C18H19ClN2O3/c1-2-5-16(22)12-8-9-17(14(20)10-12)24-11-18(23)21-15-7-4-3-6-13(15)19/h3-4,6-10H,2,5,11,20H2,1H3,(H,21,23). The van der Waals surface area contributed by atoms with Gasteiger partial charge >= 0.3 is 0 Å². The Labute approximate surface area is 145 Å². The lowest BCUT2D eigenvalue weighted by molar-refractivity contribution is -0.118. The molecule has 0 atom stereocenters. The van der Waals surface area contributed by atoms with Crippen molar-refractivity contribution in [2.75, 3.05) is 17.7 Å². The van der Waals surface area contributed by atoms with E-state index in [9.17, 15) is 9.59 Å². The minimum absolute atomic E-state index is 0.0345. The maximum absolute atomic E-state index is 11.9. The first-order valence-electron chi connectivity index (χ1n) is 7.61. The van der Waals surface area contributed by atoms with E-state index in [1.807, 2.05) is 6.92 Å². The fourth-order valence-corrected chi connectivity index (χ4v) is 2.30. The molecule has 0 unspecified atom stereocenters. The van der Waals surface area contributed by atoms with Crippen LogP contribution in [0.4, 0.5) is 11.4 Å². The number of para-hydroxylation sites is 1. The average Bonchev–Trinajstić information content (AvgIpc) is 2.56. The normalized spacial score (nSPS) is 10.2. The van der Waals surface area contributed by atoms with Gasteiger partial charge in [-0.05, 0) is 36.8 Å². The van der Waals surface area contributed by atoms with Crippen LogP contribution in [0.3, 0.4) is 0 Å². The van der Waals surface area contributed by atoms with Gasteiger partial charge in [0.25, 0.3) is 5.91 Å². The van der Waals surface area contributed by atoms with Gasteiger partial charge in [0.15, 0.2) is 12.4 Å². The molecule has 0 radical (unpaired) electrons. The summed E-state index contributed by atoms with van der Waals surface area (Å²) in [5.74, 6) is 0.0400. The number of amides is 1. The number of rotatable bonds is 7. The SMILES string of the molecule is CCCC(=O)c1ccc(OCC(=O)Nc2ccccc2Cl)c(N)c1. The summed E-state index contributed by atoms with van der Waals surface area (Å²) in [6, 6.07) is 11.7. The van der Waals surface area contributed by atoms with Crippen LogP contribution in [-0.2, 0) is 4.79 Å². The molecule has 0 aliphatic rings. The molecule has 0 fully saturated rings. The second-order valence-corrected chi connectivity index (χ2v) is 5.65. The Kier molecular flexibility index (Phi) is 6.21. The highest BCUT2D eigenvalue weighted by molar-refractivity contribution is 6.33. The van der Waals surface area contributed by atoms with Gasteiger partial charge in [-0.1, -0.05) is 30.7 Å². The van der Waals surface area contributed by atoms with Crippen LogP contribution in [0, 0.1) is 0 Å². The van der Waals surface area contributed by atoms with Crippen LogP contribution in [0.5, 0.6) is 5.75 Å². The van der Waals surface area contributed by atoms with E-state index in [2.05, 4.69) is 5.32 Å². The van der Waals surface area contributed by atoms with Gasteiger partial charge in [0.05, 0.1) is 16.4 Å². The highest BCUT2D eigenvalue weighted by atomic mass is 35.5. The molecular formula is C18H19ClN2O3. The highest BCUT2D eigenvalue weighted by Crippen LogP contribution is 2.24. The van der Waals surface area contributed by atoms with E-state index in [4.69, 9.17) is 22.1 Å². The Bertz CT molecular complexity index is 747. The van der Waals surface area contributed by atoms with Crippen LogP contribution in [0.15, 0.2) is 42.5 Å². The first-order chi connectivity index (χ1) is 11.5. The van der Waals surface area contributed by atoms with Crippen molar-refractivity contribution in [1.82, 2.24) is 0 Å². The predicted molar refractivity (Wildman–Crippen MR) is 95.7 cm³/mol. The fourth-order valence-electron chi connectivity index (χ4n) is 2.12. The number of nitrogens with one attached hydrogen (secondary N) is 1. The first-order valence-corrected chi connectivity index (χ1v) is 7.99. The van der Waals surface area contributed by atoms with Crippen molar-refractivity contribution in [1.29, 1.82) is 0 Å². The van der Waals surface area contributed by atoms with Gasteiger partial charge in [0.2, 0.25) is 0 Å². The van der Waals surface area contributed by atoms with Crippen molar-refractivity contribution in [3.8, 4) is 5.75 Å². The molecule has 2 aromatic rings. The molecule has 0 aromatic heterocycles. The molecule has 1 amide bonds. The monoisotopic (exact) mass is 346 g/mol. The van der Waals surface area contributed by atoms with Crippen molar-refractivity contribution in [3.05, 3.63) is 53.1 Å². The van der Waals surface area contributed by atoms with E-state index in [1.54, 1.807) is 42.5 Å². The summed E-state index contributed by atoms with van der Waals surface area (Å²) in [6.45, 7) is 1.73. The van der Waals surface area contributed by atoms with Gasteiger partial charge in [-0.2, -0.15) is 0 Å². The number of benzene rings is 2. The number of hydrogen-bond donors (Lipinski definition) is 2. The Morgan fingerprint density at radius 3 is 2.62 bits per heavy atom. The van der Waals surface area contributed by atoms with E-state index < -0.39 is 0 Å². The molecule has 5 nitrogen and oxygen atoms in total. The third-order valence-corrected chi connectivity index (χ3v) is 3.65. The molecule has 126 valence electrons. The number of nitrogen functional groups attached to an aromatic ring is 1. The summed E-state index contributed by atoms with van der Waals surface area (Å²) in [6.07, 6.45) is 1.25. The van der Waals surface area contributed by atoms with Crippen molar-refractivity contribution >= 4 is 34.7 Å². The smallest absolute Gasteiger partial charge is 0.262 e. The number of ketones is 1. The predicted octanol–water partition coefficient (Wildman–Crippen LogP) is 3.92. The van der Waals surface area contributed by atoms with E-state index in [0.29, 0.717) is 34.1 Å². The quantitative estimate of drug-likeness (QED) is 0.588. The Morgan fingerprint density at radius 2 is 1.96 bits per heavy atom. The van der Waals surface area contributed by atoms with E-state index >= 15 is 0 Å². The van der Waals surface area contributed by atoms with E-state index in [0.717, 1.165) is 6.42 Å². The zero-order valence-corrected chi connectivity index (χ0v) is 14.1. The lowest BCUT2D eigenvalue weighted by Gasteiger charge is -2.11. The highest BCUT2D eigenvalue weighted by Gasteiger charge is 2.10. The summed E-state index contributed by atoms with van der Waals surface area (Å²) in [5, 5.41) is 3.10. The topological polar surface area (TPSA) is 81.4 Å². The molecule has 2 aromatic carbocycles. The lowest BCUT2D eigenvalue weighted by Crippen LogP contribution is -2.20. The largest absolute Gasteiger partial charge is 0.482 e. The third-order valence-electron chi connectivity index (χ3n) is 3.32. The Morgan fingerprint density at radius 1 is 1.21 bits per heavy atom. The number of ether oxygens (including phenoxy) is 1. The van der Waals surface area contributed by atoms with Crippen LogP contribution >= 0.6 is 11.6 Å². The zero-order valence-electron chi connectivity index (χ0n) is 13.3. The Balaban J connectivity index is 1.95. The van der Waals surface area contributed by atoms with Crippen molar-refractivity contribution in [3.63, 3.8) is 0 Å². The second kappa shape index (κ2) is 8.36. The van der Waals surface area contributed by atoms with Gasteiger partial charge in [0, 0.05) is 12.0 Å². The summed E-state index contributed by atoms with van der Waals surface area (Å²) < 4.78 is 5.41. The number of carbonyl (C=O) groups is 2. The summed E-state index contributed by atoms with van der Waals surface area (Å²) in [4.78, 5) is 23.8. The van der Waals surface area contributed by atoms with Crippen LogP contribution in [0.1, 0.15) is 30.1 Å². The lowest BCUT2D eigenvalue weighted by atomic mass is 10.1. The number of carbonyl (C=O) groups excluding carboxylic acids is 2. The molecule has 3 N–H and O–H groups in total. The molecule has 0 aliphatic carbocycles. The van der Waals surface area contributed by atoms with Crippen molar-refractivity contribution in [2.45, 2.75) is 19.8 Å². The van der Waals surface area contributed by atoms with Gasteiger partial charge < -0.3 is 15.8 Å². The second-order valence-electron chi connectivity index (χ2n) is 5.24. The molecule has 24 heavy (non-hydrogen) atoms. The van der Waals surface area contributed by atoms with E-state index in [-0.39, 0.29) is 18.3 Å². The molecular weight excluding hydrogens is 328 g/mol. The summed E-state index contributed by atoms with van der Waals surface area (Å²) in [5.41, 5.74) is 7.27. The van der Waals surface area contributed by atoms with Gasteiger partial charge in [-0.3, -0.25) is 9.59 Å². The minimum atomic E-state index is -0.353. The minimum Gasteiger partial charge on any atom is -0.482 e. The number of nitrogens with two attached hydrogens (primary N) is 1. The molecule has 0 heterocycles. The van der Waals surface area contributed by atoms with Crippen LogP contribution < -0.4 is 15.8 Å². The number of anilines is 2. The van der Waals surface area contributed by atoms with Crippen molar-refractivity contribution < 1.29 is 14.3 Å². The van der Waals surface area contributed by atoms with Crippen LogP contribution in [-0.4, -0.2) is 18.3 Å². The average molecular weight is 347 g/mol. The van der Waals surface area contributed by atoms with Crippen molar-refractivity contribution in [2.24, 2.45) is 0 Å². The first kappa shape index (κ1) is 17.8. The Hall–Kier alpha value is -2.53. The molecule has 0 saturated heterocycles. The molecule has 0 bridgehead atoms. The molecule has 0 spiro atoms. The maximum Gasteiger partial charge on any atom is 0.262 e. The van der Waals surface area contributed by atoms with E-state index in [1.165, 1.54) is 0 Å². The fraction of sp³-hybridized carbons (Fsp3) is 0.222. The molecule has 2 rings (SSSR count). The summed E-state index contributed by atoms with van der Waals surface area (Å²) in [7, 11) is 0. The zero-order chi connectivity index (χ0) is 17.5. The summed E-state index contributed by atoms with van der Waals surface area (Å²) >= 11 is 5.98. The number of halogens is 1. The number of Topliss-reactive ketones (excluding diaryl/α,β-unsaturated/α-hetero) is 1. The molecule has 0 aliphatic heterocycles.